The Morgan fingerprint density at radius 3 is 2.21 bits per heavy atom. The van der Waals surface area contributed by atoms with Crippen LogP contribution in [0.4, 0.5) is 9.18 Å². The molecule has 1 saturated heterocycles. The number of nitrogens with one attached hydrogen (secondary N) is 1. The maximum atomic E-state index is 12.5. The van der Waals surface area contributed by atoms with Gasteiger partial charge in [0.2, 0.25) is 0 Å². The van der Waals surface area contributed by atoms with E-state index in [4.69, 9.17) is 4.74 Å². The first kappa shape index (κ1) is 21.2. The summed E-state index contributed by atoms with van der Waals surface area (Å²) in [6, 6.07) is 19.7. The van der Waals surface area contributed by atoms with Gasteiger partial charge in [-0.15, -0.1) is 12.8 Å². The van der Waals surface area contributed by atoms with E-state index in [-0.39, 0.29) is 11.9 Å². The second-order valence-corrected chi connectivity index (χ2v) is 5.68. The summed E-state index contributed by atoms with van der Waals surface area (Å²) < 4.78 is 17.4. The number of terminal acetylenes is 1. The second-order valence-electron chi connectivity index (χ2n) is 5.68. The van der Waals surface area contributed by atoms with Gasteiger partial charge in [0.25, 0.3) is 0 Å². The molecule has 3 aromatic rings. The van der Waals surface area contributed by atoms with Crippen molar-refractivity contribution in [3.05, 3.63) is 102 Å². The summed E-state index contributed by atoms with van der Waals surface area (Å²) in [7, 11) is 0. The monoisotopic (exact) mass is 386 g/mol. The van der Waals surface area contributed by atoms with Crippen LogP contribution in [0.2, 0.25) is 0 Å². The normalized spacial score (nSPS) is 13.8. The number of alkyl carbamates (subject to hydrolysis) is 1. The number of hydrogen-bond donors (Lipinski definition) is 1. The second kappa shape index (κ2) is 11.6. The van der Waals surface area contributed by atoms with Crippen LogP contribution >= 0.6 is 0 Å². The number of nitrogens with zero attached hydrogens (tertiary/aromatic N) is 1. The van der Waals surface area contributed by atoms with Crippen molar-refractivity contribution in [2.75, 3.05) is 6.54 Å². The third kappa shape index (κ3) is 7.21. The number of benzene rings is 2. The van der Waals surface area contributed by atoms with Crippen LogP contribution in [0.15, 0.2) is 79.1 Å². The Balaban J connectivity index is 0.000000191. The van der Waals surface area contributed by atoms with Gasteiger partial charge in [-0.2, -0.15) is 0 Å². The van der Waals surface area contributed by atoms with E-state index in [0.717, 1.165) is 16.7 Å². The highest BCUT2D eigenvalue weighted by atomic mass is 19.1. The van der Waals surface area contributed by atoms with Crippen molar-refractivity contribution in [3.63, 3.8) is 0 Å². The molecule has 0 unspecified atom stereocenters. The standard InChI is InChI=1S/C13H9N.C9H8FNO2.C2H2/c1-2-5-12(6-3-1)8-9-13-7-4-10-14-11-13;10-7-3-1-6(2-4-7)8-5-11-9(12)13-8;1-2/h1-7,10-11H;1-4,8H,5H2,(H,11,12);1-2H/t;8-;/m.1./s1. The molecular weight excluding hydrogens is 367 g/mol. The van der Waals surface area contributed by atoms with E-state index in [1.807, 2.05) is 42.5 Å². The predicted molar refractivity (Wildman–Crippen MR) is 110 cm³/mol. The molecule has 0 aliphatic carbocycles. The number of hydrogen-bond acceptors (Lipinski definition) is 3. The third-order valence-electron chi connectivity index (χ3n) is 3.71. The van der Waals surface area contributed by atoms with Crippen molar-refractivity contribution in [3.8, 4) is 24.7 Å². The van der Waals surface area contributed by atoms with Gasteiger partial charge >= 0.3 is 6.09 Å². The Hall–Kier alpha value is -4.09. The van der Waals surface area contributed by atoms with Crippen molar-refractivity contribution in [1.29, 1.82) is 0 Å². The van der Waals surface area contributed by atoms with Crippen molar-refractivity contribution in [2.24, 2.45) is 0 Å². The van der Waals surface area contributed by atoms with Gasteiger partial charge in [-0.05, 0) is 42.0 Å². The lowest BCUT2D eigenvalue weighted by molar-refractivity contribution is 0.141. The summed E-state index contributed by atoms with van der Waals surface area (Å²) >= 11 is 0. The minimum absolute atomic E-state index is 0.284. The zero-order valence-electron chi connectivity index (χ0n) is 15.6. The first-order valence-corrected chi connectivity index (χ1v) is 8.71. The summed E-state index contributed by atoms with van der Waals surface area (Å²) in [5, 5.41) is 2.53. The molecule has 1 atom stereocenters. The summed E-state index contributed by atoms with van der Waals surface area (Å²) in [6.45, 7) is 0.449. The average molecular weight is 386 g/mol. The van der Waals surface area contributed by atoms with Gasteiger partial charge < -0.3 is 10.1 Å². The average Bonchev–Trinajstić information content (AvgIpc) is 3.22. The first-order valence-electron chi connectivity index (χ1n) is 8.71. The number of rotatable bonds is 1. The van der Waals surface area contributed by atoms with Crippen molar-refractivity contribution < 1.29 is 13.9 Å². The molecule has 0 radical (unpaired) electrons. The highest BCUT2D eigenvalue weighted by molar-refractivity contribution is 5.69. The molecule has 29 heavy (non-hydrogen) atoms. The topological polar surface area (TPSA) is 51.2 Å². The molecule has 1 aromatic heterocycles. The number of aromatic nitrogens is 1. The van der Waals surface area contributed by atoms with Crippen molar-refractivity contribution in [2.45, 2.75) is 6.10 Å². The molecule has 1 fully saturated rings. The lowest BCUT2D eigenvalue weighted by Gasteiger charge is -2.06. The predicted octanol–water partition coefficient (Wildman–Crippen LogP) is 4.34. The van der Waals surface area contributed by atoms with Crippen LogP contribution < -0.4 is 5.32 Å². The molecule has 144 valence electrons. The van der Waals surface area contributed by atoms with Crippen LogP contribution in [0.25, 0.3) is 0 Å². The number of pyridine rings is 1. The summed E-state index contributed by atoms with van der Waals surface area (Å²) in [5.41, 5.74) is 2.77. The molecule has 4 rings (SSSR count). The van der Waals surface area contributed by atoms with Gasteiger partial charge in [0.05, 0.1) is 6.54 Å². The van der Waals surface area contributed by atoms with E-state index in [0.29, 0.717) is 6.54 Å². The highest BCUT2D eigenvalue weighted by Crippen LogP contribution is 2.20. The van der Waals surface area contributed by atoms with Gasteiger partial charge in [0, 0.05) is 23.5 Å². The molecule has 0 bridgehead atoms. The quantitative estimate of drug-likeness (QED) is 0.633. The Bertz CT molecular complexity index is 932. The fourth-order valence-corrected chi connectivity index (χ4v) is 2.35. The van der Waals surface area contributed by atoms with E-state index >= 15 is 0 Å². The van der Waals surface area contributed by atoms with Crippen LogP contribution in [0, 0.1) is 30.5 Å². The summed E-state index contributed by atoms with van der Waals surface area (Å²) in [6.07, 6.45) is 10.8. The fraction of sp³-hybridized carbons (Fsp3) is 0.0833. The van der Waals surface area contributed by atoms with Crippen LogP contribution in [0.5, 0.6) is 0 Å². The third-order valence-corrected chi connectivity index (χ3v) is 3.71. The Kier molecular flexibility index (Phi) is 8.48. The van der Waals surface area contributed by atoms with E-state index in [1.54, 1.807) is 24.5 Å². The van der Waals surface area contributed by atoms with E-state index in [1.165, 1.54) is 12.1 Å². The molecule has 1 aliphatic rings. The van der Waals surface area contributed by atoms with Crippen LogP contribution in [-0.4, -0.2) is 17.6 Å². The fourth-order valence-electron chi connectivity index (χ4n) is 2.35. The van der Waals surface area contributed by atoms with Crippen molar-refractivity contribution >= 4 is 6.09 Å². The highest BCUT2D eigenvalue weighted by Gasteiger charge is 2.23. The van der Waals surface area contributed by atoms with E-state index in [9.17, 15) is 9.18 Å². The Morgan fingerprint density at radius 2 is 1.62 bits per heavy atom. The van der Waals surface area contributed by atoms with Crippen LogP contribution in [0.1, 0.15) is 22.8 Å². The summed E-state index contributed by atoms with van der Waals surface area (Å²) in [4.78, 5) is 14.7. The SMILES string of the molecule is C#C.C(#Cc1cccnc1)c1ccccc1.O=C1NC[C@H](c2ccc(F)cc2)O1. The maximum absolute atomic E-state index is 12.5. The maximum Gasteiger partial charge on any atom is 0.407 e. The number of cyclic esters (lactones) is 1. The molecule has 1 amide bonds. The molecule has 1 aliphatic heterocycles. The van der Waals surface area contributed by atoms with Gasteiger partial charge in [-0.25, -0.2) is 9.18 Å². The summed E-state index contributed by atoms with van der Waals surface area (Å²) in [5.74, 6) is 5.83. The van der Waals surface area contributed by atoms with Gasteiger partial charge in [-0.1, -0.05) is 42.2 Å². The number of amides is 1. The van der Waals surface area contributed by atoms with E-state index in [2.05, 4.69) is 35.0 Å². The number of ether oxygens (including phenoxy) is 1. The molecule has 2 aromatic carbocycles. The molecule has 1 N–H and O–H groups in total. The van der Waals surface area contributed by atoms with Gasteiger partial charge in [0.15, 0.2) is 0 Å². The zero-order valence-corrected chi connectivity index (χ0v) is 15.6. The van der Waals surface area contributed by atoms with E-state index < -0.39 is 6.09 Å². The molecule has 4 nitrogen and oxygen atoms in total. The minimum Gasteiger partial charge on any atom is -0.439 e. The number of carbonyl (C=O) groups excluding carboxylic acids is 1. The minimum atomic E-state index is -0.422. The first-order chi connectivity index (χ1) is 14.2. The van der Waals surface area contributed by atoms with Gasteiger partial charge in [-0.3, -0.25) is 4.98 Å². The number of carbonyl (C=O) groups is 1. The molecule has 0 spiro atoms. The van der Waals surface area contributed by atoms with Crippen LogP contribution in [0.3, 0.4) is 0 Å². The lowest BCUT2D eigenvalue weighted by Crippen LogP contribution is -2.12. The molecule has 0 saturated carbocycles. The molecular formula is C24H19FN2O2. The number of halogens is 1. The smallest absolute Gasteiger partial charge is 0.407 e. The van der Waals surface area contributed by atoms with Crippen LogP contribution in [-0.2, 0) is 4.74 Å². The molecule has 2 heterocycles. The largest absolute Gasteiger partial charge is 0.439 e. The van der Waals surface area contributed by atoms with Crippen molar-refractivity contribution in [1.82, 2.24) is 10.3 Å². The lowest BCUT2D eigenvalue weighted by atomic mass is 10.1. The van der Waals surface area contributed by atoms with Gasteiger partial charge in [0.1, 0.15) is 11.9 Å². The Morgan fingerprint density at radius 1 is 0.966 bits per heavy atom. The molecule has 5 heteroatoms. The Labute approximate surface area is 169 Å². The zero-order chi connectivity index (χ0) is 20.9.